The second-order valence-electron chi connectivity index (χ2n) is 44.5. The summed E-state index contributed by atoms with van der Waals surface area (Å²) in [5.41, 5.74) is 33.4. The molecule has 13 heteroatoms. The van der Waals surface area contributed by atoms with E-state index in [2.05, 4.69) is 398 Å². The first-order valence-electron chi connectivity index (χ1n) is 45.9. The molecule has 0 spiro atoms. The van der Waals surface area contributed by atoms with Gasteiger partial charge in [0.25, 0.3) is 0 Å². The molecule has 0 bridgehead atoms. The second-order valence-corrected chi connectivity index (χ2v) is 71.7. The predicted molar refractivity (Wildman–Crippen MR) is 542 cm³/mol. The quantitative estimate of drug-likeness (QED) is 0.0714. The fourth-order valence-electron chi connectivity index (χ4n) is 21.3. The molecule has 0 aliphatic heterocycles. The Balaban J connectivity index is 0.000000194. The fourth-order valence-corrected chi connectivity index (χ4v) is 33.5. The monoisotopic (exact) mass is 1850 g/mol. The van der Waals surface area contributed by atoms with Crippen LogP contribution < -0.4 is 20.7 Å². The van der Waals surface area contributed by atoms with E-state index in [9.17, 15) is 0 Å². The van der Waals surface area contributed by atoms with Gasteiger partial charge in [-0.2, -0.15) is 68.8 Å². The third-order valence-corrected chi connectivity index (χ3v) is 55.7. The molecule has 16 rings (SSSR count). The van der Waals surface area contributed by atoms with E-state index in [1.54, 1.807) is 20.7 Å². The normalized spacial score (nSPS) is 23.3. The second kappa shape index (κ2) is 34.3. The molecule has 0 heterocycles. The molecule has 8 unspecified atom stereocenters. The Bertz CT molecular complexity index is 4940. The number of rotatable bonds is 16. The predicted octanol–water partition coefficient (Wildman–Crippen LogP) is 28.9. The van der Waals surface area contributed by atoms with E-state index in [-0.39, 0.29) is 66.2 Å². The maximum absolute atomic E-state index is 7.16. The van der Waals surface area contributed by atoms with E-state index >= 15 is 0 Å². The molecule has 8 atom stereocenters. The molecule has 4 nitrogen and oxygen atoms in total. The van der Waals surface area contributed by atoms with E-state index in [0.717, 1.165) is 51.4 Å². The molecular weight excluding hydrogens is 1720 g/mol. The first kappa shape index (κ1) is 93.9. The summed E-state index contributed by atoms with van der Waals surface area (Å²) < 4.78 is 28.7. The summed E-state index contributed by atoms with van der Waals surface area (Å²) in [6.45, 7) is 71.2. The van der Waals surface area contributed by atoms with Crippen molar-refractivity contribution in [3.05, 3.63) is 303 Å². The van der Waals surface area contributed by atoms with Gasteiger partial charge in [-0.15, -0.1) is 91.6 Å². The van der Waals surface area contributed by atoms with Crippen LogP contribution in [0.15, 0.2) is 170 Å². The van der Waals surface area contributed by atoms with Crippen molar-refractivity contribution in [2.24, 2.45) is 0 Å². The van der Waals surface area contributed by atoms with Crippen LogP contribution in [0, 0.1) is 27.7 Å². The number of halogens is 2. The van der Waals surface area contributed by atoms with Crippen LogP contribution in [-0.4, -0.2) is 50.9 Å². The molecule has 8 aromatic carbocycles. The SMILES string of the molecule is Cc1cc2c([c-]1[Si](C)[c-]1c(C)cc3c1C=CC=CC3c1ccc3c(c1)CCC3(C)O[Si](C)(C)C(C)(C)C)C=CC=CC2c1ccc2c(c1)CCC2(C)O[Si](C)(C)C(C)(C)C.Cc1cc2c([c-]1[Si](C)[c-]1c(C)cc3c1C=CC=CC3c1ccc3c(c1)CCC3(C)O[Si](C)(C)C(C)(C)C)C=CC=CC2c1ccc2c(c1)CCC2(C)O[Si](C)(C)C(C)(C)C.[Cl][Zr][Cl]. The van der Waals surface area contributed by atoms with Crippen molar-refractivity contribution in [3.8, 4) is 0 Å². The summed E-state index contributed by atoms with van der Waals surface area (Å²) in [5.74, 6) is 0.874. The van der Waals surface area contributed by atoms with Gasteiger partial charge in [0.15, 0.2) is 33.3 Å². The van der Waals surface area contributed by atoms with Gasteiger partial charge in [-0.1, -0.05) is 245 Å². The Morgan fingerprint density at radius 2 is 0.512 bits per heavy atom. The molecular formula is C110H142Cl2O4Si6Zr-4. The Hall–Kier alpha value is -5.20. The van der Waals surface area contributed by atoms with Gasteiger partial charge in [0.2, 0.25) is 0 Å². The molecule has 652 valence electrons. The van der Waals surface area contributed by atoms with Gasteiger partial charge in [-0.05, 0) is 242 Å². The van der Waals surface area contributed by atoms with E-state index in [1.165, 1.54) is 134 Å². The summed E-state index contributed by atoms with van der Waals surface area (Å²) >= 11 is -0.826. The third kappa shape index (κ3) is 17.7. The van der Waals surface area contributed by atoms with Gasteiger partial charge in [0.05, 0.1) is 22.4 Å². The molecule has 8 aliphatic rings. The van der Waals surface area contributed by atoms with E-state index in [1.807, 2.05) is 0 Å². The minimum atomic E-state index is -1.93. The van der Waals surface area contributed by atoms with Crippen LogP contribution in [0.2, 0.25) is 85.6 Å². The Morgan fingerprint density at radius 1 is 0.325 bits per heavy atom. The standard InChI is InChI=1S/2C55H71O2Si3.2ClH.Zr/c2*1-36-32-46-42(38-24-26-48-40(34-38)28-30-54(48,9)56-59(12,13)52(3,4)5)20-16-18-22-44(46)50(36)58(11)51-37(2)33-47-43(21-17-19-23-45(47)51)39-25-27-49-41(35-39)29-31-55(49,10)57-60(14,15)53(6,7)8;;;/h2*16-27,32-35,42-43H,28-31H2,1-15H3;2*1H;/q2*-2;;;+2/p-2. The number of aryl methyl sites for hydroxylation is 8. The van der Waals surface area contributed by atoms with E-state index in [0.29, 0.717) is 0 Å². The van der Waals surface area contributed by atoms with Gasteiger partial charge >= 0.3 is 37.9 Å². The molecule has 0 N–H and O–H groups in total. The zero-order valence-corrected chi connectivity index (χ0v) is 90.3. The third-order valence-electron chi connectivity index (χ3n) is 31.8. The van der Waals surface area contributed by atoms with Gasteiger partial charge in [0, 0.05) is 17.6 Å². The van der Waals surface area contributed by atoms with Crippen molar-refractivity contribution < 1.29 is 38.6 Å². The van der Waals surface area contributed by atoms with Gasteiger partial charge in [0.1, 0.15) is 0 Å². The van der Waals surface area contributed by atoms with Crippen molar-refractivity contribution in [1.82, 2.24) is 0 Å². The van der Waals surface area contributed by atoms with E-state index < -0.39 is 71.7 Å². The van der Waals surface area contributed by atoms with E-state index in [4.69, 9.17) is 34.7 Å². The van der Waals surface area contributed by atoms with Crippen molar-refractivity contribution in [1.29, 1.82) is 0 Å². The van der Waals surface area contributed by atoms with Crippen molar-refractivity contribution >= 4 is 113 Å². The average Bonchev–Trinajstić information content (AvgIpc) is 1.58. The summed E-state index contributed by atoms with van der Waals surface area (Å²) in [7, 11) is -0.127. The summed E-state index contributed by atoms with van der Waals surface area (Å²) in [6.07, 6.45) is 46.1. The van der Waals surface area contributed by atoms with Crippen LogP contribution in [0.5, 0.6) is 0 Å². The summed E-state index contributed by atoms with van der Waals surface area (Å²) in [5, 5.41) is 6.98. The number of hydrogen-bond donors (Lipinski definition) is 0. The first-order valence-corrected chi connectivity index (χ1v) is 67.9. The van der Waals surface area contributed by atoms with Crippen LogP contribution in [-0.2, 0) is 86.6 Å². The summed E-state index contributed by atoms with van der Waals surface area (Å²) in [6, 6.07) is 39.4. The molecule has 0 saturated heterocycles. The van der Waals surface area contributed by atoms with Crippen molar-refractivity contribution in [3.63, 3.8) is 0 Å². The van der Waals surface area contributed by atoms with Crippen LogP contribution in [0.25, 0.3) is 24.3 Å². The molecule has 0 aromatic heterocycles. The van der Waals surface area contributed by atoms with Crippen molar-refractivity contribution in [2.75, 3.05) is 0 Å². The number of hydrogen-bond acceptors (Lipinski definition) is 4. The molecule has 0 saturated carbocycles. The van der Waals surface area contributed by atoms with Crippen LogP contribution in [0.1, 0.15) is 294 Å². The van der Waals surface area contributed by atoms with Crippen LogP contribution in [0.3, 0.4) is 0 Å². The molecule has 123 heavy (non-hydrogen) atoms. The zero-order chi connectivity index (χ0) is 89.4. The molecule has 0 amide bonds. The number of allylic oxidation sites excluding steroid dienone is 12. The van der Waals surface area contributed by atoms with Crippen LogP contribution in [0.4, 0.5) is 0 Å². The van der Waals surface area contributed by atoms with Gasteiger partial charge < -0.3 is 17.7 Å². The molecule has 8 aliphatic carbocycles. The topological polar surface area (TPSA) is 36.9 Å². The zero-order valence-electron chi connectivity index (χ0n) is 80.3. The maximum atomic E-state index is 7.16. The van der Waals surface area contributed by atoms with Crippen LogP contribution >= 0.6 is 17.0 Å². The minimum absolute atomic E-state index is 0.181. The summed E-state index contributed by atoms with van der Waals surface area (Å²) in [4.78, 5) is 0. The fraction of sp³-hybridized carbons (Fsp3) is 0.455. The molecule has 0 fully saturated rings. The number of fused-ring (bicyclic) bond motifs is 8. The molecule has 8 aromatic rings. The van der Waals surface area contributed by atoms with Gasteiger partial charge in [-0.25, -0.2) is 0 Å². The van der Waals surface area contributed by atoms with Crippen molar-refractivity contribution in [2.45, 2.75) is 322 Å². The number of benzene rings is 4. The Kier molecular flexibility index (Phi) is 26.2. The van der Waals surface area contributed by atoms with Gasteiger partial charge in [-0.3, -0.25) is 0 Å². The molecule has 2 radical (unpaired) electrons. The Labute approximate surface area is 769 Å². The average molecular weight is 1860 g/mol. The Morgan fingerprint density at radius 3 is 0.691 bits per heavy atom. The first-order chi connectivity index (χ1) is 57.3.